The third kappa shape index (κ3) is 4.54. The molecule has 37 heavy (non-hydrogen) atoms. The molecular formula is C30H26N4O2S. The molecule has 184 valence electrons. The molecule has 2 aromatic heterocycles. The highest BCUT2D eigenvalue weighted by Gasteiger charge is 2.51. The number of thiazole rings is 1. The SMILES string of the molecule is CN(Cc1cnc(-c2ccccc2)s1)n1cc(-c2ccc(-c3ccc(C4(C(=O)O)CC4)cc3)cc2)cn1. The van der Waals surface area contributed by atoms with Crippen LogP contribution >= 0.6 is 11.3 Å². The number of rotatable bonds is 8. The van der Waals surface area contributed by atoms with Crippen molar-refractivity contribution in [2.75, 3.05) is 12.1 Å². The van der Waals surface area contributed by atoms with E-state index in [1.54, 1.807) is 11.3 Å². The summed E-state index contributed by atoms with van der Waals surface area (Å²) < 4.78 is 0. The van der Waals surface area contributed by atoms with E-state index in [1.165, 1.54) is 4.88 Å². The Morgan fingerprint density at radius 3 is 2.14 bits per heavy atom. The summed E-state index contributed by atoms with van der Waals surface area (Å²) in [6.45, 7) is 0.712. The van der Waals surface area contributed by atoms with Crippen LogP contribution < -0.4 is 5.01 Å². The van der Waals surface area contributed by atoms with Gasteiger partial charge in [-0.2, -0.15) is 9.89 Å². The molecule has 2 heterocycles. The summed E-state index contributed by atoms with van der Waals surface area (Å²) in [6, 6.07) is 26.6. The maximum atomic E-state index is 11.6. The Balaban J connectivity index is 1.13. The summed E-state index contributed by atoms with van der Waals surface area (Å²) in [5.41, 5.74) is 5.67. The maximum Gasteiger partial charge on any atom is 0.314 e. The van der Waals surface area contributed by atoms with Crippen molar-refractivity contribution in [3.63, 3.8) is 0 Å². The number of aliphatic carboxylic acids is 1. The van der Waals surface area contributed by atoms with Crippen molar-refractivity contribution in [2.45, 2.75) is 24.8 Å². The average molecular weight is 507 g/mol. The van der Waals surface area contributed by atoms with E-state index < -0.39 is 11.4 Å². The van der Waals surface area contributed by atoms with Crippen molar-refractivity contribution in [3.05, 3.63) is 108 Å². The predicted octanol–water partition coefficient (Wildman–Crippen LogP) is 6.22. The van der Waals surface area contributed by atoms with Gasteiger partial charge >= 0.3 is 5.97 Å². The summed E-state index contributed by atoms with van der Waals surface area (Å²) in [5.74, 6) is -0.722. The highest BCUT2D eigenvalue weighted by Crippen LogP contribution is 2.48. The van der Waals surface area contributed by atoms with Crippen LogP contribution in [-0.4, -0.2) is 33.0 Å². The molecule has 1 aliphatic rings. The summed E-state index contributed by atoms with van der Waals surface area (Å²) in [5, 5.41) is 17.2. The number of carboxylic acid groups (broad SMARTS) is 1. The van der Waals surface area contributed by atoms with Crippen molar-refractivity contribution in [2.24, 2.45) is 0 Å². The first-order valence-corrected chi connectivity index (χ1v) is 13.0. The first-order chi connectivity index (χ1) is 18.0. The second-order valence-electron chi connectivity index (χ2n) is 9.50. The van der Waals surface area contributed by atoms with E-state index in [0.29, 0.717) is 6.54 Å². The van der Waals surface area contributed by atoms with Crippen molar-refractivity contribution in [3.8, 4) is 32.8 Å². The van der Waals surface area contributed by atoms with Gasteiger partial charge in [0.05, 0.1) is 24.4 Å². The van der Waals surface area contributed by atoms with Gasteiger partial charge in [-0.15, -0.1) is 11.3 Å². The van der Waals surface area contributed by atoms with Crippen LogP contribution in [0.15, 0.2) is 97.5 Å². The number of carbonyl (C=O) groups is 1. The number of carboxylic acids is 1. The Bertz CT molecular complexity index is 1530. The predicted molar refractivity (Wildman–Crippen MR) is 147 cm³/mol. The van der Waals surface area contributed by atoms with Crippen molar-refractivity contribution >= 4 is 17.3 Å². The Morgan fingerprint density at radius 2 is 1.51 bits per heavy atom. The molecule has 7 heteroatoms. The molecular weight excluding hydrogens is 480 g/mol. The molecule has 0 aliphatic heterocycles. The van der Waals surface area contributed by atoms with E-state index in [0.717, 1.165) is 51.2 Å². The molecule has 5 aromatic rings. The molecule has 0 spiro atoms. The third-order valence-electron chi connectivity index (χ3n) is 7.03. The highest BCUT2D eigenvalue weighted by molar-refractivity contribution is 7.15. The van der Waals surface area contributed by atoms with Crippen LogP contribution in [-0.2, 0) is 16.8 Å². The summed E-state index contributed by atoms with van der Waals surface area (Å²) in [6.07, 6.45) is 7.29. The van der Waals surface area contributed by atoms with Gasteiger partial charge in [-0.1, -0.05) is 78.9 Å². The lowest BCUT2D eigenvalue weighted by Gasteiger charge is -2.17. The first kappa shape index (κ1) is 23.2. The number of nitrogens with zero attached hydrogens (tertiary/aromatic N) is 4. The standard InChI is InChI=1S/C30H26N4O2S/c1-33(20-27-18-31-28(37-27)24-5-3-2-4-6-24)34-19-25(17-32-34)23-9-7-21(8-10-23)22-11-13-26(14-12-22)30(15-16-30)29(35)36/h2-14,17-19H,15-16,20H2,1H3,(H,35,36). The van der Waals surface area contributed by atoms with E-state index in [4.69, 9.17) is 0 Å². The number of benzene rings is 3. The van der Waals surface area contributed by atoms with E-state index in [-0.39, 0.29) is 0 Å². The van der Waals surface area contributed by atoms with E-state index in [2.05, 4.69) is 51.5 Å². The van der Waals surface area contributed by atoms with Crippen LogP contribution in [0.1, 0.15) is 23.3 Å². The minimum Gasteiger partial charge on any atom is -0.481 e. The van der Waals surface area contributed by atoms with Crippen LogP contribution in [0, 0.1) is 0 Å². The van der Waals surface area contributed by atoms with Crippen LogP contribution in [0.2, 0.25) is 0 Å². The average Bonchev–Trinajstić information content (AvgIpc) is 3.37. The lowest BCUT2D eigenvalue weighted by molar-refractivity contribution is -0.140. The van der Waals surface area contributed by atoms with Gasteiger partial charge in [0, 0.05) is 29.2 Å². The zero-order valence-corrected chi connectivity index (χ0v) is 21.2. The van der Waals surface area contributed by atoms with E-state index in [9.17, 15) is 9.90 Å². The fourth-order valence-electron chi connectivity index (χ4n) is 4.63. The van der Waals surface area contributed by atoms with Crippen LogP contribution in [0.5, 0.6) is 0 Å². The molecule has 3 aromatic carbocycles. The lowest BCUT2D eigenvalue weighted by Crippen LogP contribution is -2.29. The lowest BCUT2D eigenvalue weighted by atomic mass is 9.93. The second-order valence-corrected chi connectivity index (χ2v) is 10.6. The Hall–Kier alpha value is -4.23. The Kier molecular flexibility index (Phi) is 5.85. The van der Waals surface area contributed by atoms with Gasteiger partial charge < -0.3 is 5.11 Å². The van der Waals surface area contributed by atoms with Gasteiger partial charge in [0.25, 0.3) is 0 Å². The number of aromatic nitrogens is 3. The first-order valence-electron chi connectivity index (χ1n) is 12.2. The molecule has 0 bridgehead atoms. The topological polar surface area (TPSA) is 71.2 Å². The molecule has 6 nitrogen and oxygen atoms in total. The molecule has 1 saturated carbocycles. The third-order valence-corrected chi connectivity index (χ3v) is 8.06. The molecule has 0 amide bonds. The Labute approximate surface area is 219 Å². The molecule has 1 fully saturated rings. The number of hydrogen-bond donors (Lipinski definition) is 1. The van der Waals surface area contributed by atoms with Gasteiger partial charge in [0.2, 0.25) is 0 Å². The van der Waals surface area contributed by atoms with E-state index in [1.807, 2.05) is 72.9 Å². The van der Waals surface area contributed by atoms with Crippen molar-refractivity contribution in [1.29, 1.82) is 0 Å². The van der Waals surface area contributed by atoms with Gasteiger partial charge in [-0.25, -0.2) is 4.98 Å². The van der Waals surface area contributed by atoms with Gasteiger partial charge in [-0.05, 0) is 35.1 Å². The van der Waals surface area contributed by atoms with Gasteiger partial charge in [0.15, 0.2) is 0 Å². The molecule has 0 atom stereocenters. The fourth-order valence-corrected chi connectivity index (χ4v) is 5.59. The molecule has 0 radical (unpaired) electrons. The largest absolute Gasteiger partial charge is 0.481 e. The van der Waals surface area contributed by atoms with Crippen molar-refractivity contribution in [1.82, 2.24) is 14.9 Å². The van der Waals surface area contributed by atoms with Crippen LogP contribution in [0.4, 0.5) is 0 Å². The number of hydrogen-bond acceptors (Lipinski definition) is 5. The van der Waals surface area contributed by atoms with E-state index >= 15 is 0 Å². The Morgan fingerprint density at radius 1 is 0.892 bits per heavy atom. The van der Waals surface area contributed by atoms with Gasteiger partial charge in [0.1, 0.15) is 5.01 Å². The highest BCUT2D eigenvalue weighted by atomic mass is 32.1. The van der Waals surface area contributed by atoms with Crippen LogP contribution in [0.3, 0.4) is 0 Å². The smallest absolute Gasteiger partial charge is 0.314 e. The zero-order valence-electron chi connectivity index (χ0n) is 20.4. The summed E-state index contributed by atoms with van der Waals surface area (Å²) >= 11 is 1.70. The summed E-state index contributed by atoms with van der Waals surface area (Å²) in [4.78, 5) is 19.2. The molecule has 6 rings (SSSR count). The molecule has 1 aliphatic carbocycles. The zero-order chi connectivity index (χ0) is 25.4. The minimum absolute atomic E-state index is 0.667. The normalized spacial score (nSPS) is 13.9. The molecule has 0 unspecified atom stereocenters. The quantitative estimate of drug-likeness (QED) is 0.270. The molecule has 1 N–H and O–H groups in total. The van der Waals surface area contributed by atoms with Crippen molar-refractivity contribution < 1.29 is 9.90 Å². The van der Waals surface area contributed by atoms with Crippen LogP contribution in [0.25, 0.3) is 32.8 Å². The maximum absolute atomic E-state index is 11.6. The monoisotopic (exact) mass is 506 g/mol. The molecule has 0 saturated heterocycles. The fraction of sp³-hybridized carbons (Fsp3) is 0.167. The van der Waals surface area contributed by atoms with Gasteiger partial charge in [-0.3, -0.25) is 9.80 Å². The second kappa shape index (κ2) is 9.33. The minimum atomic E-state index is -0.722. The summed E-state index contributed by atoms with van der Waals surface area (Å²) in [7, 11) is 2.02.